The third kappa shape index (κ3) is 4.38. The zero-order chi connectivity index (χ0) is 33.8. The molecular formula is C45H25N5. The van der Waals surface area contributed by atoms with Gasteiger partial charge in [-0.05, 0) is 89.5 Å². The molecule has 0 bridgehead atoms. The van der Waals surface area contributed by atoms with E-state index in [0.717, 1.165) is 66.5 Å². The highest BCUT2D eigenvalue weighted by atomic mass is 15.0. The molecule has 0 fully saturated rings. The van der Waals surface area contributed by atoms with Crippen molar-refractivity contribution >= 4 is 43.6 Å². The Hall–Kier alpha value is -7.39. The van der Waals surface area contributed by atoms with Crippen molar-refractivity contribution in [3.63, 3.8) is 0 Å². The van der Waals surface area contributed by atoms with E-state index >= 15 is 0 Å². The van der Waals surface area contributed by atoms with Crippen LogP contribution in [0.5, 0.6) is 0 Å². The smallest absolute Gasteiger partial charge is 0.0998 e. The van der Waals surface area contributed by atoms with Gasteiger partial charge in [0.05, 0.1) is 62.7 Å². The van der Waals surface area contributed by atoms with Crippen molar-refractivity contribution in [2.24, 2.45) is 0 Å². The van der Waals surface area contributed by atoms with E-state index in [4.69, 9.17) is 0 Å². The van der Waals surface area contributed by atoms with Gasteiger partial charge in [0.2, 0.25) is 0 Å². The van der Waals surface area contributed by atoms with Gasteiger partial charge in [0, 0.05) is 32.8 Å². The van der Waals surface area contributed by atoms with Crippen molar-refractivity contribution in [1.82, 2.24) is 9.13 Å². The van der Waals surface area contributed by atoms with E-state index < -0.39 is 0 Å². The molecule has 5 nitrogen and oxygen atoms in total. The van der Waals surface area contributed by atoms with Crippen LogP contribution in [-0.4, -0.2) is 9.13 Å². The van der Waals surface area contributed by atoms with Crippen molar-refractivity contribution in [2.45, 2.75) is 0 Å². The Morgan fingerprint density at radius 3 is 1.60 bits per heavy atom. The summed E-state index contributed by atoms with van der Waals surface area (Å²) in [5.41, 5.74) is 11.3. The Morgan fingerprint density at radius 1 is 0.380 bits per heavy atom. The Balaban J connectivity index is 1.22. The molecule has 2 aromatic heterocycles. The van der Waals surface area contributed by atoms with E-state index in [1.807, 2.05) is 91.0 Å². The standard InChI is InChI=1S/C45H25N5/c46-26-29-16-20-44(50-43-15-6-3-12-38(43)40-23-30(27-47)17-21-45(40)50)39(22-29)32-9-7-8-31(24-32)35-19-18-34(25-33(35)28-48)49-41-13-4-1-10-36(41)37-11-2-5-14-42(37)49/h1-25H. The number of rotatable bonds is 4. The van der Waals surface area contributed by atoms with Crippen molar-refractivity contribution in [2.75, 3.05) is 0 Å². The number of hydrogen-bond acceptors (Lipinski definition) is 3. The maximum absolute atomic E-state index is 10.5. The first-order valence-electron chi connectivity index (χ1n) is 16.3. The first-order chi connectivity index (χ1) is 24.7. The SMILES string of the molecule is N#Cc1ccc(-n2c3ccccc3c3cc(C#N)ccc32)c(-c2cccc(-c3ccc(-n4c5ccccc5c5ccccc54)cc3C#N)c2)c1. The molecule has 7 aromatic carbocycles. The van der Waals surface area contributed by atoms with Crippen LogP contribution in [0.25, 0.3) is 77.2 Å². The average molecular weight is 636 g/mol. The zero-order valence-electron chi connectivity index (χ0n) is 26.7. The highest BCUT2D eigenvalue weighted by Gasteiger charge is 2.18. The monoisotopic (exact) mass is 635 g/mol. The lowest BCUT2D eigenvalue weighted by Gasteiger charge is -2.16. The lowest BCUT2D eigenvalue weighted by Crippen LogP contribution is -1.98. The Morgan fingerprint density at radius 2 is 0.940 bits per heavy atom. The van der Waals surface area contributed by atoms with E-state index in [2.05, 4.69) is 88.0 Å². The van der Waals surface area contributed by atoms with Crippen LogP contribution in [0, 0.1) is 34.0 Å². The third-order valence-corrected chi connectivity index (χ3v) is 9.61. The molecule has 9 aromatic rings. The lowest BCUT2D eigenvalue weighted by molar-refractivity contribution is 1.18. The molecule has 0 saturated carbocycles. The molecule has 0 N–H and O–H groups in total. The number of benzene rings is 7. The van der Waals surface area contributed by atoms with Crippen LogP contribution < -0.4 is 0 Å². The minimum atomic E-state index is 0.551. The van der Waals surface area contributed by atoms with Gasteiger partial charge in [-0.3, -0.25) is 0 Å². The fourth-order valence-corrected chi connectivity index (χ4v) is 7.40. The minimum absolute atomic E-state index is 0.551. The summed E-state index contributed by atoms with van der Waals surface area (Å²) in [6.45, 7) is 0. The zero-order valence-corrected chi connectivity index (χ0v) is 26.7. The highest BCUT2D eigenvalue weighted by molar-refractivity contribution is 6.11. The van der Waals surface area contributed by atoms with Gasteiger partial charge < -0.3 is 9.13 Å². The molecule has 0 radical (unpaired) electrons. The van der Waals surface area contributed by atoms with Gasteiger partial charge >= 0.3 is 0 Å². The fraction of sp³-hybridized carbons (Fsp3) is 0. The first kappa shape index (κ1) is 28.8. The summed E-state index contributed by atoms with van der Waals surface area (Å²) in [6, 6.07) is 57.7. The Bertz CT molecular complexity index is 2920. The summed E-state index contributed by atoms with van der Waals surface area (Å²) in [5, 5.41) is 34.4. The minimum Gasteiger partial charge on any atom is -0.309 e. The topological polar surface area (TPSA) is 81.2 Å². The van der Waals surface area contributed by atoms with Crippen LogP contribution in [0.1, 0.15) is 16.7 Å². The van der Waals surface area contributed by atoms with Gasteiger partial charge in [-0.1, -0.05) is 78.9 Å². The third-order valence-electron chi connectivity index (χ3n) is 9.61. The van der Waals surface area contributed by atoms with Gasteiger partial charge in [-0.2, -0.15) is 15.8 Å². The molecule has 2 heterocycles. The molecule has 0 amide bonds. The Kier molecular flexibility index (Phi) is 6.56. The number of hydrogen-bond donors (Lipinski definition) is 0. The number of para-hydroxylation sites is 3. The normalized spacial score (nSPS) is 11.1. The molecule has 0 aliphatic carbocycles. The van der Waals surface area contributed by atoms with E-state index in [1.165, 1.54) is 10.8 Å². The van der Waals surface area contributed by atoms with Crippen LogP contribution >= 0.6 is 0 Å². The van der Waals surface area contributed by atoms with Crippen molar-refractivity contribution in [3.05, 3.63) is 168 Å². The molecule has 230 valence electrons. The van der Waals surface area contributed by atoms with E-state index in [0.29, 0.717) is 16.7 Å². The van der Waals surface area contributed by atoms with E-state index in [9.17, 15) is 15.8 Å². The van der Waals surface area contributed by atoms with Gasteiger partial charge in [0.15, 0.2) is 0 Å². The lowest BCUT2D eigenvalue weighted by atomic mass is 9.94. The summed E-state index contributed by atoms with van der Waals surface area (Å²) in [7, 11) is 0. The van der Waals surface area contributed by atoms with Crippen molar-refractivity contribution in [1.29, 1.82) is 15.8 Å². The van der Waals surface area contributed by atoms with E-state index in [1.54, 1.807) is 0 Å². The summed E-state index contributed by atoms with van der Waals surface area (Å²) in [6.07, 6.45) is 0. The van der Waals surface area contributed by atoms with Gasteiger partial charge in [0.1, 0.15) is 0 Å². The molecule has 0 aliphatic rings. The second kappa shape index (κ2) is 11.4. The number of nitrogens with zero attached hydrogens (tertiary/aromatic N) is 5. The van der Waals surface area contributed by atoms with Crippen LogP contribution in [0.3, 0.4) is 0 Å². The molecule has 0 spiro atoms. The summed E-state index contributed by atoms with van der Waals surface area (Å²) in [5.74, 6) is 0. The van der Waals surface area contributed by atoms with E-state index in [-0.39, 0.29) is 0 Å². The number of aromatic nitrogens is 2. The number of nitriles is 3. The highest BCUT2D eigenvalue weighted by Crippen LogP contribution is 2.39. The van der Waals surface area contributed by atoms with Gasteiger partial charge in [-0.25, -0.2) is 0 Å². The maximum atomic E-state index is 10.5. The van der Waals surface area contributed by atoms with Crippen molar-refractivity contribution < 1.29 is 0 Å². The Labute approximate surface area is 287 Å². The molecular weight excluding hydrogens is 611 g/mol. The largest absolute Gasteiger partial charge is 0.309 e. The van der Waals surface area contributed by atoms with Gasteiger partial charge in [-0.15, -0.1) is 0 Å². The maximum Gasteiger partial charge on any atom is 0.0998 e. The van der Waals surface area contributed by atoms with Crippen LogP contribution in [0.4, 0.5) is 0 Å². The quantitative estimate of drug-likeness (QED) is 0.193. The number of fused-ring (bicyclic) bond motifs is 6. The molecule has 50 heavy (non-hydrogen) atoms. The second-order valence-corrected chi connectivity index (χ2v) is 12.3. The molecule has 9 rings (SSSR count). The van der Waals surface area contributed by atoms with Crippen LogP contribution in [0.2, 0.25) is 0 Å². The fourth-order valence-electron chi connectivity index (χ4n) is 7.40. The predicted octanol–water partition coefficient (Wildman–Crippen LogP) is 10.8. The summed E-state index contributed by atoms with van der Waals surface area (Å²) in [4.78, 5) is 0. The summed E-state index contributed by atoms with van der Waals surface area (Å²) < 4.78 is 4.42. The van der Waals surface area contributed by atoms with Gasteiger partial charge in [0.25, 0.3) is 0 Å². The molecule has 0 unspecified atom stereocenters. The second-order valence-electron chi connectivity index (χ2n) is 12.3. The van der Waals surface area contributed by atoms with Crippen LogP contribution in [0.15, 0.2) is 152 Å². The molecule has 5 heteroatoms. The molecule has 0 atom stereocenters. The molecule has 0 saturated heterocycles. The summed E-state index contributed by atoms with van der Waals surface area (Å²) >= 11 is 0. The predicted molar refractivity (Wildman–Crippen MR) is 200 cm³/mol. The van der Waals surface area contributed by atoms with Crippen molar-refractivity contribution in [3.8, 4) is 51.8 Å². The average Bonchev–Trinajstić information content (AvgIpc) is 3.70. The molecule has 0 aliphatic heterocycles. The first-order valence-corrected chi connectivity index (χ1v) is 16.3. The van der Waals surface area contributed by atoms with Crippen LogP contribution in [-0.2, 0) is 0 Å².